The smallest absolute Gasteiger partial charge is 0.0992 e. The van der Waals surface area contributed by atoms with E-state index in [1.54, 1.807) is 0 Å². The van der Waals surface area contributed by atoms with Gasteiger partial charge >= 0.3 is 0 Å². The molecule has 0 fully saturated rings. The van der Waals surface area contributed by atoms with Crippen molar-refractivity contribution in [3.8, 4) is 28.6 Å². The van der Waals surface area contributed by atoms with Gasteiger partial charge in [0.1, 0.15) is 0 Å². The zero-order valence-electron chi connectivity index (χ0n) is 25.2. The molecule has 0 bridgehead atoms. The second-order valence-corrected chi connectivity index (χ2v) is 13.2. The number of aromatic nitrogens is 2. The quantitative estimate of drug-likeness (QED) is 0.195. The first-order valence-electron chi connectivity index (χ1n) is 15.7. The SMILES string of the molecule is N#Cc1cccc(-n2c3ccccc3c3cc(-c4ccc5sc6ccc(-n7c8ccccc8c8ccccc87)cc6c5c4)ccc32)c1. The molecule has 0 aliphatic heterocycles. The highest BCUT2D eigenvalue weighted by atomic mass is 32.1. The molecule has 3 heterocycles. The van der Waals surface area contributed by atoms with Gasteiger partial charge in [-0.2, -0.15) is 5.26 Å². The number of rotatable bonds is 3. The maximum Gasteiger partial charge on any atom is 0.0992 e. The van der Waals surface area contributed by atoms with Gasteiger partial charge < -0.3 is 9.13 Å². The van der Waals surface area contributed by atoms with Crippen molar-refractivity contribution >= 4 is 75.1 Å². The van der Waals surface area contributed by atoms with Crippen LogP contribution in [0.2, 0.25) is 0 Å². The molecular weight excluding hydrogens is 591 g/mol. The molecule has 47 heavy (non-hydrogen) atoms. The molecule has 10 aromatic rings. The molecule has 0 saturated carbocycles. The summed E-state index contributed by atoms with van der Waals surface area (Å²) in [6, 6.07) is 56.6. The molecule has 0 amide bonds. The van der Waals surface area contributed by atoms with Crippen LogP contribution in [-0.4, -0.2) is 9.13 Å². The van der Waals surface area contributed by atoms with E-state index in [9.17, 15) is 5.26 Å². The number of nitriles is 1. The molecule has 0 radical (unpaired) electrons. The molecule has 10 rings (SSSR count). The molecular formula is C43H25N3S. The Morgan fingerprint density at radius 3 is 1.57 bits per heavy atom. The van der Waals surface area contributed by atoms with Crippen LogP contribution in [0.5, 0.6) is 0 Å². The van der Waals surface area contributed by atoms with E-state index in [1.165, 1.54) is 69.6 Å². The van der Waals surface area contributed by atoms with Crippen molar-refractivity contribution in [3.63, 3.8) is 0 Å². The Balaban J connectivity index is 1.15. The van der Waals surface area contributed by atoms with E-state index < -0.39 is 0 Å². The van der Waals surface area contributed by atoms with Gasteiger partial charge in [-0.1, -0.05) is 72.8 Å². The van der Waals surface area contributed by atoms with Crippen molar-refractivity contribution < 1.29 is 0 Å². The average Bonchev–Trinajstić information content (AvgIpc) is 3.78. The third-order valence-electron chi connectivity index (χ3n) is 9.53. The number of nitrogens with zero attached hydrogens (tertiary/aromatic N) is 3. The number of thiophene rings is 1. The van der Waals surface area contributed by atoms with Gasteiger partial charge in [-0.05, 0) is 90.0 Å². The van der Waals surface area contributed by atoms with E-state index >= 15 is 0 Å². The lowest BCUT2D eigenvalue weighted by Gasteiger charge is -2.09. The van der Waals surface area contributed by atoms with Gasteiger partial charge in [0, 0.05) is 53.1 Å². The maximum absolute atomic E-state index is 9.56. The Bertz CT molecular complexity index is 2880. The van der Waals surface area contributed by atoms with Gasteiger partial charge in [0.25, 0.3) is 0 Å². The zero-order chi connectivity index (χ0) is 31.1. The lowest BCUT2D eigenvalue weighted by molar-refractivity contribution is 1.18. The number of hydrogen-bond acceptors (Lipinski definition) is 2. The second-order valence-electron chi connectivity index (χ2n) is 12.1. The van der Waals surface area contributed by atoms with E-state index in [-0.39, 0.29) is 0 Å². The van der Waals surface area contributed by atoms with E-state index in [0.29, 0.717) is 5.56 Å². The van der Waals surface area contributed by atoms with Crippen molar-refractivity contribution in [1.82, 2.24) is 9.13 Å². The largest absolute Gasteiger partial charge is 0.309 e. The van der Waals surface area contributed by atoms with E-state index in [1.807, 2.05) is 29.5 Å². The zero-order valence-corrected chi connectivity index (χ0v) is 26.0. The van der Waals surface area contributed by atoms with Crippen molar-refractivity contribution in [2.24, 2.45) is 0 Å². The topological polar surface area (TPSA) is 33.6 Å². The summed E-state index contributed by atoms with van der Waals surface area (Å²) >= 11 is 1.85. The summed E-state index contributed by atoms with van der Waals surface area (Å²) in [6.45, 7) is 0. The van der Waals surface area contributed by atoms with Crippen molar-refractivity contribution in [3.05, 3.63) is 157 Å². The Labute approximate surface area is 274 Å². The minimum Gasteiger partial charge on any atom is -0.309 e. The highest BCUT2D eigenvalue weighted by Gasteiger charge is 2.16. The minimum absolute atomic E-state index is 0.655. The summed E-state index contributed by atoms with van der Waals surface area (Å²) in [7, 11) is 0. The molecule has 3 nitrogen and oxygen atoms in total. The van der Waals surface area contributed by atoms with Crippen LogP contribution in [0.3, 0.4) is 0 Å². The minimum atomic E-state index is 0.655. The van der Waals surface area contributed by atoms with Crippen molar-refractivity contribution in [2.45, 2.75) is 0 Å². The predicted molar refractivity (Wildman–Crippen MR) is 198 cm³/mol. The van der Waals surface area contributed by atoms with Crippen LogP contribution < -0.4 is 0 Å². The van der Waals surface area contributed by atoms with Gasteiger partial charge in [-0.15, -0.1) is 11.3 Å². The monoisotopic (exact) mass is 615 g/mol. The lowest BCUT2D eigenvalue weighted by atomic mass is 10.0. The summed E-state index contributed by atoms with van der Waals surface area (Å²) in [5.74, 6) is 0. The van der Waals surface area contributed by atoms with E-state index in [0.717, 1.165) is 16.7 Å². The number of benzene rings is 7. The Morgan fingerprint density at radius 1 is 0.404 bits per heavy atom. The van der Waals surface area contributed by atoms with Crippen LogP contribution in [-0.2, 0) is 0 Å². The first-order valence-corrected chi connectivity index (χ1v) is 16.6. The fourth-order valence-electron chi connectivity index (χ4n) is 7.43. The fourth-order valence-corrected chi connectivity index (χ4v) is 8.50. The number of hydrogen-bond donors (Lipinski definition) is 0. The third kappa shape index (κ3) is 3.85. The molecule has 0 aliphatic carbocycles. The molecule has 0 N–H and O–H groups in total. The van der Waals surface area contributed by atoms with Crippen LogP contribution in [0.4, 0.5) is 0 Å². The summed E-state index contributed by atoms with van der Waals surface area (Å²) in [5.41, 5.74) is 9.91. The highest BCUT2D eigenvalue weighted by Crippen LogP contribution is 2.41. The number of para-hydroxylation sites is 3. The molecule has 0 aliphatic rings. The fraction of sp³-hybridized carbons (Fsp3) is 0. The Hall–Kier alpha value is -6.15. The Morgan fingerprint density at radius 2 is 0.915 bits per heavy atom. The molecule has 4 heteroatoms. The Kier molecular flexibility index (Phi) is 5.51. The molecule has 7 aromatic carbocycles. The summed E-state index contributed by atoms with van der Waals surface area (Å²) in [4.78, 5) is 0. The van der Waals surface area contributed by atoms with Crippen LogP contribution in [0.1, 0.15) is 5.56 Å². The molecule has 0 saturated heterocycles. The van der Waals surface area contributed by atoms with Crippen molar-refractivity contribution in [2.75, 3.05) is 0 Å². The first-order chi connectivity index (χ1) is 23.2. The van der Waals surface area contributed by atoms with Crippen molar-refractivity contribution in [1.29, 1.82) is 5.26 Å². The van der Waals surface area contributed by atoms with Gasteiger partial charge in [0.15, 0.2) is 0 Å². The summed E-state index contributed by atoms with van der Waals surface area (Å²) < 4.78 is 7.24. The third-order valence-corrected chi connectivity index (χ3v) is 10.7. The summed E-state index contributed by atoms with van der Waals surface area (Å²) in [6.07, 6.45) is 0. The van der Waals surface area contributed by atoms with Gasteiger partial charge in [0.05, 0.1) is 33.7 Å². The average molecular weight is 616 g/mol. The van der Waals surface area contributed by atoms with E-state index in [4.69, 9.17) is 0 Å². The van der Waals surface area contributed by atoms with Crippen LogP contribution in [0.15, 0.2) is 152 Å². The van der Waals surface area contributed by atoms with Crippen LogP contribution >= 0.6 is 11.3 Å². The summed E-state index contributed by atoms with van der Waals surface area (Å²) in [5, 5.41) is 17.1. The molecule has 0 unspecified atom stereocenters. The molecule has 218 valence electrons. The molecule has 0 atom stereocenters. The van der Waals surface area contributed by atoms with Crippen LogP contribution in [0, 0.1) is 11.3 Å². The van der Waals surface area contributed by atoms with Gasteiger partial charge in [-0.3, -0.25) is 0 Å². The van der Waals surface area contributed by atoms with Gasteiger partial charge in [-0.25, -0.2) is 0 Å². The van der Waals surface area contributed by atoms with E-state index in [2.05, 4.69) is 149 Å². The number of fused-ring (bicyclic) bond motifs is 9. The predicted octanol–water partition coefficient (Wildman–Crippen LogP) is 11.8. The first kappa shape index (κ1) is 26.1. The maximum atomic E-state index is 9.56. The standard InChI is InChI=1S/C43H25N3S/c44-26-27-8-7-9-30(22-27)45-40-15-6-3-12-34(40)35-23-28(16-19-41(35)45)29-17-20-42-36(24-29)37-25-31(18-21-43(37)47-42)46-38-13-4-1-10-32(38)33-11-2-5-14-39(33)46/h1-25H. The lowest BCUT2D eigenvalue weighted by Crippen LogP contribution is -1.94. The molecule has 0 spiro atoms. The second kappa shape index (κ2) is 9.92. The normalized spacial score (nSPS) is 11.8. The highest BCUT2D eigenvalue weighted by molar-refractivity contribution is 7.25. The van der Waals surface area contributed by atoms with Gasteiger partial charge in [0.2, 0.25) is 0 Å². The molecule has 3 aromatic heterocycles. The van der Waals surface area contributed by atoms with Crippen LogP contribution in [0.25, 0.3) is 86.3 Å².